The van der Waals surface area contributed by atoms with Crippen LogP contribution in [0.4, 0.5) is 10.5 Å². The molecule has 0 aliphatic carbocycles. The minimum atomic E-state index is -4.13. The van der Waals surface area contributed by atoms with Crippen LogP contribution in [0.3, 0.4) is 0 Å². The number of carbonyl (C=O) groups excluding carboxylic acids is 3. The van der Waals surface area contributed by atoms with Gasteiger partial charge in [0.15, 0.2) is 0 Å². The molecular weight excluding hydrogens is 656 g/mol. The van der Waals surface area contributed by atoms with E-state index >= 15 is 0 Å². The first kappa shape index (κ1) is 36.8. The third-order valence-corrected chi connectivity index (χ3v) is 10.2. The summed E-state index contributed by atoms with van der Waals surface area (Å²) in [6.07, 6.45) is 1.96. The van der Waals surface area contributed by atoms with Gasteiger partial charge in [-0.1, -0.05) is 75.7 Å². The lowest BCUT2D eigenvalue weighted by atomic mass is 9.97. The van der Waals surface area contributed by atoms with Gasteiger partial charge in [0.25, 0.3) is 5.91 Å². The lowest BCUT2D eigenvalue weighted by Gasteiger charge is -2.34. The first-order chi connectivity index (χ1) is 22.7. The molecule has 1 aromatic heterocycles. The van der Waals surface area contributed by atoms with Crippen molar-refractivity contribution in [2.75, 3.05) is 25.4 Å². The van der Waals surface area contributed by atoms with Crippen molar-refractivity contribution in [1.82, 2.24) is 24.4 Å². The molecule has 1 fully saturated rings. The van der Waals surface area contributed by atoms with E-state index in [-0.39, 0.29) is 54.1 Å². The zero-order chi connectivity index (χ0) is 35.2. The Morgan fingerprint density at radius 1 is 1.04 bits per heavy atom. The second-order valence-electron chi connectivity index (χ2n) is 12.7. The Balaban J connectivity index is 1.60. The molecule has 4 rings (SSSR count). The van der Waals surface area contributed by atoms with Crippen molar-refractivity contribution in [3.63, 3.8) is 0 Å². The SMILES string of the molecule is CC(C)CN(C[C@H](O)[C@H](Cc1ccccc1)NC(=O)[C@H](C(C)C)N1CC(=O)N(Cc2cccnc2)C1=O)S(=O)(=O)c1ccc(Cl)c(N)c1. The number of halogens is 1. The van der Waals surface area contributed by atoms with E-state index in [0.29, 0.717) is 5.56 Å². The number of amides is 4. The van der Waals surface area contributed by atoms with Crippen molar-refractivity contribution >= 4 is 45.2 Å². The third kappa shape index (κ3) is 8.90. The number of aliphatic hydroxyl groups is 1. The Morgan fingerprint density at radius 2 is 1.73 bits per heavy atom. The van der Waals surface area contributed by atoms with Crippen molar-refractivity contribution in [1.29, 1.82) is 0 Å². The van der Waals surface area contributed by atoms with Crippen LogP contribution >= 0.6 is 11.6 Å². The van der Waals surface area contributed by atoms with Gasteiger partial charge in [0.1, 0.15) is 12.6 Å². The molecule has 0 saturated carbocycles. The molecule has 3 aromatic rings. The molecule has 1 aliphatic rings. The molecule has 2 aromatic carbocycles. The molecule has 0 bridgehead atoms. The lowest BCUT2D eigenvalue weighted by Crippen LogP contribution is -2.57. The van der Waals surface area contributed by atoms with Gasteiger partial charge in [0.2, 0.25) is 15.9 Å². The van der Waals surface area contributed by atoms with E-state index in [4.69, 9.17) is 17.3 Å². The predicted octanol–water partition coefficient (Wildman–Crippen LogP) is 3.54. The number of pyridine rings is 1. The second kappa shape index (κ2) is 15.9. The first-order valence-corrected chi connectivity index (χ1v) is 17.6. The van der Waals surface area contributed by atoms with E-state index in [9.17, 15) is 27.9 Å². The van der Waals surface area contributed by atoms with E-state index in [1.807, 2.05) is 44.2 Å². The number of urea groups is 1. The molecule has 4 amide bonds. The Hall–Kier alpha value is -4.04. The number of anilines is 1. The molecule has 0 radical (unpaired) electrons. The fourth-order valence-corrected chi connectivity index (χ4v) is 7.45. The molecule has 48 heavy (non-hydrogen) atoms. The summed E-state index contributed by atoms with van der Waals surface area (Å²) in [6.45, 7) is 6.72. The standard InChI is InChI=1S/C34H43ClN6O6S/c1-22(2)18-39(48(46,47)26-12-13-27(35)28(36)16-26)20-30(42)29(15-24-9-6-5-7-10-24)38-33(44)32(23(3)4)41-21-31(43)40(34(41)45)19-25-11-8-14-37-17-25/h5-14,16-17,22-23,29-30,32,42H,15,18-21,36H2,1-4H3,(H,38,44)/t29-,30-,32-/m0/s1. The highest BCUT2D eigenvalue weighted by Gasteiger charge is 2.44. The van der Waals surface area contributed by atoms with Crippen LogP contribution in [0.1, 0.15) is 38.8 Å². The second-order valence-corrected chi connectivity index (χ2v) is 15.1. The molecule has 2 heterocycles. The summed E-state index contributed by atoms with van der Waals surface area (Å²) in [5.74, 6) is -1.51. The number of hydrogen-bond acceptors (Lipinski definition) is 8. The van der Waals surface area contributed by atoms with Crippen LogP contribution in [0.15, 0.2) is 78.0 Å². The number of nitrogens with zero attached hydrogens (tertiary/aromatic N) is 4. The zero-order valence-corrected chi connectivity index (χ0v) is 29.1. The molecular formula is C34H43ClN6O6S. The van der Waals surface area contributed by atoms with Crippen molar-refractivity contribution in [3.8, 4) is 0 Å². The molecule has 14 heteroatoms. The van der Waals surface area contributed by atoms with Gasteiger partial charge >= 0.3 is 6.03 Å². The molecule has 0 spiro atoms. The van der Waals surface area contributed by atoms with Crippen molar-refractivity contribution < 1.29 is 27.9 Å². The van der Waals surface area contributed by atoms with Gasteiger partial charge < -0.3 is 21.1 Å². The molecule has 258 valence electrons. The average Bonchev–Trinajstić information content (AvgIpc) is 3.30. The van der Waals surface area contributed by atoms with Gasteiger partial charge in [-0.05, 0) is 53.6 Å². The molecule has 4 N–H and O–H groups in total. The number of aromatic nitrogens is 1. The predicted molar refractivity (Wildman–Crippen MR) is 183 cm³/mol. The van der Waals surface area contributed by atoms with Crippen LogP contribution < -0.4 is 11.1 Å². The zero-order valence-electron chi connectivity index (χ0n) is 27.5. The van der Waals surface area contributed by atoms with E-state index in [0.717, 1.165) is 10.5 Å². The van der Waals surface area contributed by atoms with E-state index < -0.39 is 52.0 Å². The number of nitrogen functional groups attached to an aromatic ring is 1. The van der Waals surface area contributed by atoms with Crippen LogP contribution in [0.25, 0.3) is 0 Å². The highest BCUT2D eigenvalue weighted by molar-refractivity contribution is 7.89. The Bertz CT molecular complexity index is 1690. The lowest BCUT2D eigenvalue weighted by molar-refractivity contribution is -0.129. The number of rotatable bonds is 15. The topological polar surface area (TPSA) is 166 Å². The maximum atomic E-state index is 14.0. The maximum absolute atomic E-state index is 14.0. The molecule has 1 saturated heterocycles. The fraction of sp³-hybridized carbons (Fsp3) is 0.412. The molecule has 12 nitrogen and oxygen atoms in total. The summed E-state index contributed by atoms with van der Waals surface area (Å²) in [5.41, 5.74) is 7.47. The molecule has 1 aliphatic heterocycles. The molecule has 3 atom stereocenters. The normalized spacial score (nSPS) is 15.8. The van der Waals surface area contributed by atoms with Crippen molar-refractivity contribution in [3.05, 3.63) is 89.2 Å². The minimum absolute atomic E-state index is 0.0171. The number of sulfonamides is 1. The van der Waals surface area contributed by atoms with Crippen LogP contribution in [0.2, 0.25) is 5.02 Å². The van der Waals surface area contributed by atoms with Crippen LogP contribution in [-0.4, -0.2) is 88.3 Å². The van der Waals surface area contributed by atoms with Gasteiger partial charge in [-0.15, -0.1) is 0 Å². The van der Waals surface area contributed by atoms with E-state index in [1.54, 1.807) is 38.4 Å². The van der Waals surface area contributed by atoms with E-state index in [2.05, 4.69) is 10.3 Å². The Morgan fingerprint density at radius 3 is 2.33 bits per heavy atom. The maximum Gasteiger partial charge on any atom is 0.328 e. The average molecular weight is 699 g/mol. The monoisotopic (exact) mass is 698 g/mol. The number of nitrogens with two attached hydrogens (primary N) is 1. The Labute approximate surface area is 286 Å². The number of benzene rings is 2. The highest BCUT2D eigenvalue weighted by Crippen LogP contribution is 2.26. The van der Waals surface area contributed by atoms with Crippen molar-refractivity contribution in [2.45, 2.75) is 63.7 Å². The van der Waals surface area contributed by atoms with Gasteiger partial charge in [-0.2, -0.15) is 4.31 Å². The number of carbonyl (C=O) groups is 3. The third-order valence-electron chi connectivity index (χ3n) is 8.04. The largest absolute Gasteiger partial charge is 0.397 e. The summed E-state index contributed by atoms with van der Waals surface area (Å²) in [5, 5.41) is 14.8. The fourth-order valence-electron chi connectivity index (χ4n) is 5.68. The van der Waals surface area contributed by atoms with Gasteiger partial charge in [-0.25, -0.2) is 13.2 Å². The van der Waals surface area contributed by atoms with Gasteiger partial charge in [0, 0.05) is 25.5 Å². The Kier molecular flexibility index (Phi) is 12.2. The highest BCUT2D eigenvalue weighted by atomic mass is 35.5. The summed E-state index contributed by atoms with van der Waals surface area (Å²) in [6, 6.07) is 14.1. The first-order valence-electron chi connectivity index (χ1n) is 15.8. The van der Waals surface area contributed by atoms with Gasteiger partial charge in [0.05, 0.1) is 34.3 Å². The number of hydrogen-bond donors (Lipinski definition) is 3. The number of aliphatic hydroxyl groups excluding tert-OH is 1. The minimum Gasteiger partial charge on any atom is -0.397 e. The smallest absolute Gasteiger partial charge is 0.328 e. The summed E-state index contributed by atoms with van der Waals surface area (Å²) in [4.78, 5) is 46.8. The van der Waals surface area contributed by atoms with Gasteiger partial charge in [-0.3, -0.25) is 19.5 Å². The van der Waals surface area contributed by atoms with Crippen molar-refractivity contribution in [2.24, 2.45) is 11.8 Å². The summed E-state index contributed by atoms with van der Waals surface area (Å²) < 4.78 is 28.8. The number of nitrogens with one attached hydrogen (secondary N) is 1. The van der Waals surface area contributed by atoms with Crippen LogP contribution in [-0.2, 0) is 32.6 Å². The molecule has 0 unspecified atom stereocenters. The van der Waals surface area contributed by atoms with Crippen LogP contribution in [0.5, 0.6) is 0 Å². The number of imide groups is 1. The quantitative estimate of drug-likeness (QED) is 0.160. The summed E-state index contributed by atoms with van der Waals surface area (Å²) >= 11 is 6.04. The summed E-state index contributed by atoms with van der Waals surface area (Å²) in [7, 11) is -4.13. The van der Waals surface area contributed by atoms with Crippen LogP contribution in [0, 0.1) is 11.8 Å². The van der Waals surface area contributed by atoms with E-state index in [1.165, 1.54) is 27.4 Å².